The van der Waals surface area contributed by atoms with Crippen molar-refractivity contribution in [3.8, 4) is 0 Å². The minimum Gasteiger partial charge on any atom is -0.453 e. The molecule has 166 valence electrons. The second kappa shape index (κ2) is 9.28. The molecule has 4 amide bonds. The minimum absolute atomic E-state index is 0.0189. The van der Waals surface area contributed by atoms with Gasteiger partial charge in [0.15, 0.2) is 11.9 Å². The van der Waals surface area contributed by atoms with E-state index in [0.717, 1.165) is 12.8 Å². The van der Waals surface area contributed by atoms with Crippen LogP contribution in [0.1, 0.15) is 62.7 Å². The molecule has 1 saturated heterocycles. The van der Waals surface area contributed by atoms with Crippen LogP contribution in [0.25, 0.3) is 0 Å². The zero-order chi connectivity index (χ0) is 22.6. The summed E-state index contributed by atoms with van der Waals surface area (Å²) in [4.78, 5) is 61.4. The van der Waals surface area contributed by atoms with Crippen LogP contribution in [0.4, 0.5) is 10.5 Å². The Labute approximate surface area is 180 Å². The normalized spacial score (nSPS) is 18.1. The number of esters is 1. The van der Waals surface area contributed by atoms with Crippen molar-refractivity contribution in [2.75, 3.05) is 11.9 Å². The maximum absolute atomic E-state index is 12.6. The number of carbonyl (C=O) groups is 5. The maximum Gasteiger partial charge on any atom is 0.325 e. The fourth-order valence-corrected chi connectivity index (χ4v) is 3.92. The van der Waals surface area contributed by atoms with Gasteiger partial charge in [-0.05, 0) is 57.4 Å². The van der Waals surface area contributed by atoms with Crippen molar-refractivity contribution in [3.63, 3.8) is 0 Å². The summed E-state index contributed by atoms with van der Waals surface area (Å²) in [5, 5.41) is 5.42. The predicted octanol–water partition coefficient (Wildman–Crippen LogP) is 2.40. The van der Waals surface area contributed by atoms with E-state index in [-0.39, 0.29) is 31.1 Å². The van der Waals surface area contributed by atoms with Crippen LogP contribution >= 0.6 is 0 Å². The Balaban J connectivity index is 1.42. The van der Waals surface area contributed by atoms with E-state index in [9.17, 15) is 24.0 Å². The van der Waals surface area contributed by atoms with Crippen molar-refractivity contribution in [1.29, 1.82) is 0 Å². The maximum atomic E-state index is 12.6. The van der Waals surface area contributed by atoms with Crippen LogP contribution < -0.4 is 10.6 Å². The molecule has 0 bridgehead atoms. The number of rotatable bonds is 8. The molecule has 1 aromatic rings. The number of hydrogen-bond acceptors (Lipinski definition) is 6. The highest BCUT2D eigenvalue weighted by Crippen LogP contribution is 2.35. The van der Waals surface area contributed by atoms with Crippen molar-refractivity contribution in [1.82, 2.24) is 10.2 Å². The number of nitrogens with zero attached hydrogens (tertiary/aromatic N) is 1. The van der Waals surface area contributed by atoms with E-state index in [1.54, 1.807) is 24.3 Å². The highest BCUT2D eigenvalue weighted by atomic mass is 16.5. The number of benzene rings is 1. The highest BCUT2D eigenvalue weighted by Gasteiger charge is 2.52. The zero-order valence-corrected chi connectivity index (χ0v) is 17.7. The molecule has 2 aliphatic rings. The molecule has 3 rings (SSSR count). The van der Waals surface area contributed by atoms with Crippen LogP contribution in [0.3, 0.4) is 0 Å². The van der Waals surface area contributed by atoms with Crippen molar-refractivity contribution < 1.29 is 28.7 Å². The van der Waals surface area contributed by atoms with Crippen LogP contribution in [0.15, 0.2) is 24.3 Å². The van der Waals surface area contributed by atoms with Gasteiger partial charge < -0.3 is 15.4 Å². The van der Waals surface area contributed by atoms with Gasteiger partial charge in [-0.2, -0.15) is 0 Å². The first-order valence-corrected chi connectivity index (χ1v) is 10.5. The molecule has 2 N–H and O–H groups in total. The third kappa shape index (κ3) is 5.10. The molecule has 1 saturated carbocycles. The Morgan fingerprint density at radius 3 is 2.42 bits per heavy atom. The molecule has 1 aromatic carbocycles. The van der Waals surface area contributed by atoms with E-state index < -0.39 is 29.6 Å². The van der Waals surface area contributed by atoms with Gasteiger partial charge in [-0.1, -0.05) is 12.8 Å². The van der Waals surface area contributed by atoms with Gasteiger partial charge in [-0.15, -0.1) is 0 Å². The lowest BCUT2D eigenvalue weighted by Crippen LogP contribution is -2.44. The highest BCUT2D eigenvalue weighted by molar-refractivity contribution is 6.07. The molecule has 0 aromatic heterocycles. The second-order valence-corrected chi connectivity index (χ2v) is 8.03. The summed E-state index contributed by atoms with van der Waals surface area (Å²) in [7, 11) is 0. The predicted molar refractivity (Wildman–Crippen MR) is 111 cm³/mol. The molecular formula is C22H27N3O6. The molecule has 2 fully saturated rings. The molecule has 31 heavy (non-hydrogen) atoms. The Kier molecular flexibility index (Phi) is 6.72. The van der Waals surface area contributed by atoms with E-state index in [2.05, 4.69) is 10.6 Å². The summed E-state index contributed by atoms with van der Waals surface area (Å²) < 4.78 is 5.15. The van der Waals surface area contributed by atoms with Crippen molar-refractivity contribution >= 4 is 35.3 Å². The standard InChI is InChI=1S/C22H27N3O6/c1-14(26)16-7-9-17(10-8-16)23-19(28)15(2)31-18(27)6-5-13-25-20(29)22(24-21(25)30)11-3-4-12-22/h7-10,15H,3-6,11-13H2,1-2H3,(H,23,28)(H,24,30). The summed E-state index contributed by atoms with van der Waals surface area (Å²) in [5.41, 5.74) is 0.256. The average molecular weight is 429 g/mol. The van der Waals surface area contributed by atoms with Gasteiger partial charge in [0.1, 0.15) is 5.54 Å². The molecule has 1 unspecified atom stereocenters. The van der Waals surface area contributed by atoms with Gasteiger partial charge in [0.2, 0.25) is 0 Å². The number of imide groups is 1. The summed E-state index contributed by atoms with van der Waals surface area (Å²) in [6, 6.07) is 5.97. The Hall–Kier alpha value is -3.23. The SMILES string of the molecule is CC(=O)c1ccc(NC(=O)C(C)OC(=O)CCCN2C(=O)NC3(CCCC3)C2=O)cc1. The van der Waals surface area contributed by atoms with E-state index in [1.807, 2.05) is 0 Å². The zero-order valence-electron chi connectivity index (χ0n) is 17.7. The number of ether oxygens (including phenoxy) is 1. The number of anilines is 1. The minimum atomic E-state index is -1.02. The summed E-state index contributed by atoms with van der Waals surface area (Å²) in [6.45, 7) is 3.04. The quantitative estimate of drug-likeness (QED) is 0.372. The number of Topliss-reactive ketones (excluding diaryl/α,β-unsaturated/α-hetero) is 1. The smallest absolute Gasteiger partial charge is 0.325 e. The first-order valence-electron chi connectivity index (χ1n) is 10.5. The number of carbonyl (C=O) groups excluding carboxylic acids is 5. The van der Waals surface area contributed by atoms with Crippen LogP contribution in [0.2, 0.25) is 0 Å². The summed E-state index contributed by atoms with van der Waals surface area (Å²) in [5.74, 6) is -1.38. The van der Waals surface area contributed by atoms with Gasteiger partial charge in [-0.25, -0.2) is 4.79 Å². The van der Waals surface area contributed by atoms with Gasteiger partial charge in [0.25, 0.3) is 11.8 Å². The number of amides is 4. The molecule has 1 aliphatic heterocycles. The fourth-order valence-electron chi connectivity index (χ4n) is 3.92. The van der Waals surface area contributed by atoms with Gasteiger partial charge in [-0.3, -0.25) is 24.1 Å². The van der Waals surface area contributed by atoms with Crippen LogP contribution in [-0.4, -0.2) is 52.7 Å². The van der Waals surface area contributed by atoms with Gasteiger partial charge in [0.05, 0.1) is 0 Å². The van der Waals surface area contributed by atoms with E-state index in [0.29, 0.717) is 24.1 Å². The largest absolute Gasteiger partial charge is 0.453 e. The van der Waals surface area contributed by atoms with E-state index >= 15 is 0 Å². The Bertz CT molecular complexity index is 889. The topological polar surface area (TPSA) is 122 Å². The second-order valence-electron chi connectivity index (χ2n) is 8.03. The molecule has 9 heteroatoms. The monoisotopic (exact) mass is 429 g/mol. The first kappa shape index (κ1) is 22.5. The molecule has 1 heterocycles. The van der Waals surface area contributed by atoms with Crippen LogP contribution in [-0.2, 0) is 19.1 Å². The average Bonchev–Trinajstić information content (AvgIpc) is 3.28. The van der Waals surface area contributed by atoms with Gasteiger partial charge in [0, 0.05) is 24.2 Å². The van der Waals surface area contributed by atoms with Crippen molar-refractivity contribution in [2.24, 2.45) is 0 Å². The molecule has 1 atom stereocenters. The number of nitrogens with one attached hydrogen (secondary N) is 2. The Morgan fingerprint density at radius 1 is 1.16 bits per heavy atom. The third-order valence-corrected chi connectivity index (χ3v) is 5.70. The van der Waals surface area contributed by atoms with Crippen LogP contribution in [0.5, 0.6) is 0 Å². The van der Waals surface area contributed by atoms with Crippen molar-refractivity contribution in [3.05, 3.63) is 29.8 Å². The molecular weight excluding hydrogens is 402 g/mol. The molecule has 1 spiro atoms. The third-order valence-electron chi connectivity index (χ3n) is 5.70. The van der Waals surface area contributed by atoms with E-state index in [4.69, 9.17) is 4.74 Å². The lowest BCUT2D eigenvalue weighted by molar-refractivity contribution is -0.153. The van der Waals surface area contributed by atoms with Crippen LogP contribution in [0, 0.1) is 0 Å². The molecule has 0 radical (unpaired) electrons. The number of hydrogen-bond donors (Lipinski definition) is 2. The Morgan fingerprint density at radius 2 is 1.81 bits per heavy atom. The molecule has 1 aliphatic carbocycles. The summed E-state index contributed by atoms with van der Waals surface area (Å²) in [6.07, 6.45) is 2.35. The first-order chi connectivity index (χ1) is 14.7. The van der Waals surface area contributed by atoms with Crippen molar-refractivity contribution in [2.45, 2.75) is 64.0 Å². The van der Waals surface area contributed by atoms with E-state index in [1.165, 1.54) is 18.7 Å². The summed E-state index contributed by atoms with van der Waals surface area (Å²) >= 11 is 0. The lowest BCUT2D eigenvalue weighted by atomic mass is 9.98. The number of ketones is 1. The van der Waals surface area contributed by atoms with Gasteiger partial charge >= 0.3 is 12.0 Å². The molecule has 9 nitrogen and oxygen atoms in total. The lowest BCUT2D eigenvalue weighted by Gasteiger charge is -2.20. The fraction of sp³-hybridized carbons (Fsp3) is 0.500. The number of urea groups is 1.